The maximum absolute atomic E-state index is 13.2. The summed E-state index contributed by atoms with van der Waals surface area (Å²) in [6.45, 7) is 2.84. The zero-order valence-electron chi connectivity index (χ0n) is 11.3. The first-order chi connectivity index (χ1) is 9.74. The van der Waals surface area contributed by atoms with Crippen LogP contribution < -0.4 is 14.8 Å². The van der Waals surface area contributed by atoms with E-state index in [0.29, 0.717) is 42.6 Å². The number of hydrogen-bond donors (Lipinski definition) is 1. The molecule has 1 fully saturated rings. The second-order valence-corrected chi connectivity index (χ2v) is 5.39. The lowest BCUT2D eigenvalue weighted by Crippen LogP contribution is -2.29. The van der Waals surface area contributed by atoms with Crippen molar-refractivity contribution in [3.63, 3.8) is 0 Å². The summed E-state index contributed by atoms with van der Waals surface area (Å²) >= 11 is 0. The molecule has 1 aromatic rings. The van der Waals surface area contributed by atoms with Gasteiger partial charge in [0.1, 0.15) is 13.2 Å². The first-order valence-electron chi connectivity index (χ1n) is 7.15. The minimum Gasteiger partial charge on any atom is -0.486 e. The van der Waals surface area contributed by atoms with Crippen LogP contribution >= 0.6 is 0 Å². The van der Waals surface area contributed by atoms with Crippen molar-refractivity contribution in [1.82, 2.24) is 5.32 Å². The lowest BCUT2D eigenvalue weighted by Gasteiger charge is -2.25. The summed E-state index contributed by atoms with van der Waals surface area (Å²) in [5.41, 5.74) is 0.795. The fourth-order valence-electron chi connectivity index (χ4n) is 2.92. The largest absolute Gasteiger partial charge is 0.486 e. The van der Waals surface area contributed by atoms with Gasteiger partial charge in [-0.05, 0) is 56.0 Å². The number of nitrogens with one attached hydrogen (secondary N) is 1. The van der Waals surface area contributed by atoms with Gasteiger partial charge in [0, 0.05) is 5.56 Å². The highest BCUT2D eigenvalue weighted by Gasteiger charge is 2.23. The molecule has 0 atom stereocenters. The molecule has 110 valence electrons. The standard InChI is InChI=1S/C15H19F2NO2/c16-15(17)12-9-14-13(19-5-6-20-14)8-11(12)7-10-1-3-18-4-2-10/h8-10,15,18H,1-7H2. The number of hydrogen-bond acceptors (Lipinski definition) is 3. The van der Waals surface area contributed by atoms with Crippen molar-refractivity contribution in [3.05, 3.63) is 23.3 Å². The van der Waals surface area contributed by atoms with Gasteiger partial charge in [0.15, 0.2) is 11.5 Å². The molecule has 0 saturated carbocycles. The fraction of sp³-hybridized carbons (Fsp3) is 0.600. The van der Waals surface area contributed by atoms with Gasteiger partial charge in [0.05, 0.1) is 0 Å². The Balaban J connectivity index is 1.86. The maximum Gasteiger partial charge on any atom is 0.264 e. The molecule has 3 rings (SSSR count). The van der Waals surface area contributed by atoms with Crippen LogP contribution in [0.1, 0.15) is 30.4 Å². The van der Waals surface area contributed by atoms with Crippen LogP contribution in [0.25, 0.3) is 0 Å². The van der Waals surface area contributed by atoms with Crippen LogP contribution in [0.3, 0.4) is 0 Å². The van der Waals surface area contributed by atoms with Crippen LogP contribution in [0, 0.1) is 5.92 Å². The van der Waals surface area contributed by atoms with Crippen LogP contribution in [-0.2, 0) is 6.42 Å². The Hall–Kier alpha value is -1.36. The van der Waals surface area contributed by atoms with E-state index in [9.17, 15) is 8.78 Å². The summed E-state index contributed by atoms with van der Waals surface area (Å²) < 4.78 is 37.4. The first kappa shape index (κ1) is 13.6. The molecule has 20 heavy (non-hydrogen) atoms. The minimum absolute atomic E-state index is 0.0905. The second kappa shape index (κ2) is 5.95. The van der Waals surface area contributed by atoms with Gasteiger partial charge in [-0.3, -0.25) is 0 Å². The average Bonchev–Trinajstić information content (AvgIpc) is 2.47. The predicted molar refractivity (Wildman–Crippen MR) is 71.7 cm³/mol. The number of benzene rings is 1. The first-order valence-corrected chi connectivity index (χ1v) is 7.15. The summed E-state index contributed by atoms with van der Waals surface area (Å²) in [5.74, 6) is 1.52. The Morgan fingerprint density at radius 1 is 1.10 bits per heavy atom. The predicted octanol–water partition coefficient (Wildman–Crippen LogP) is 2.94. The van der Waals surface area contributed by atoms with E-state index in [1.807, 2.05) is 0 Å². The van der Waals surface area contributed by atoms with Gasteiger partial charge >= 0.3 is 0 Å². The van der Waals surface area contributed by atoms with Crippen LogP contribution in [0.2, 0.25) is 0 Å². The smallest absolute Gasteiger partial charge is 0.264 e. The van der Waals surface area contributed by atoms with Crippen molar-refractivity contribution in [2.75, 3.05) is 26.3 Å². The highest BCUT2D eigenvalue weighted by atomic mass is 19.3. The number of alkyl halides is 2. The van der Waals surface area contributed by atoms with Gasteiger partial charge in [0.2, 0.25) is 0 Å². The molecule has 3 nitrogen and oxygen atoms in total. The Labute approximate surface area is 117 Å². The molecule has 2 aliphatic heterocycles. The Morgan fingerprint density at radius 3 is 2.40 bits per heavy atom. The molecular weight excluding hydrogens is 264 g/mol. The van der Waals surface area contributed by atoms with Crippen molar-refractivity contribution in [1.29, 1.82) is 0 Å². The molecule has 5 heteroatoms. The third-order valence-electron chi connectivity index (χ3n) is 4.01. The average molecular weight is 283 g/mol. The van der Waals surface area contributed by atoms with E-state index in [0.717, 1.165) is 25.9 Å². The van der Waals surface area contributed by atoms with Crippen molar-refractivity contribution >= 4 is 0 Å². The summed E-state index contributed by atoms with van der Waals surface area (Å²) in [4.78, 5) is 0. The Morgan fingerprint density at radius 2 is 1.75 bits per heavy atom. The molecule has 1 saturated heterocycles. The lowest BCUT2D eigenvalue weighted by molar-refractivity contribution is 0.145. The fourth-order valence-corrected chi connectivity index (χ4v) is 2.92. The molecule has 2 heterocycles. The lowest BCUT2D eigenvalue weighted by atomic mass is 9.89. The zero-order valence-corrected chi connectivity index (χ0v) is 11.3. The van der Waals surface area contributed by atoms with E-state index < -0.39 is 6.43 Å². The molecule has 2 aliphatic rings. The monoisotopic (exact) mass is 283 g/mol. The third-order valence-corrected chi connectivity index (χ3v) is 4.01. The van der Waals surface area contributed by atoms with Gasteiger partial charge in [-0.1, -0.05) is 0 Å². The molecule has 0 unspecified atom stereocenters. The molecule has 0 amide bonds. The van der Waals surface area contributed by atoms with Gasteiger partial charge in [-0.15, -0.1) is 0 Å². The topological polar surface area (TPSA) is 30.5 Å². The number of piperidine rings is 1. The normalized spacial score (nSPS) is 19.4. The number of halogens is 2. The Bertz CT molecular complexity index is 473. The van der Waals surface area contributed by atoms with Crippen LogP contribution in [0.4, 0.5) is 8.78 Å². The van der Waals surface area contributed by atoms with Crippen LogP contribution in [0.15, 0.2) is 12.1 Å². The molecule has 0 aliphatic carbocycles. The van der Waals surface area contributed by atoms with E-state index >= 15 is 0 Å². The highest BCUT2D eigenvalue weighted by molar-refractivity contribution is 5.48. The maximum atomic E-state index is 13.2. The van der Waals surface area contributed by atoms with Crippen molar-refractivity contribution in [2.45, 2.75) is 25.7 Å². The molecule has 0 radical (unpaired) electrons. The van der Waals surface area contributed by atoms with Gasteiger partial charge < -0.3 is 14.8 Å². The molecule has 0 aromatic heterocycles. The van der Waals surface area contributed by atoms with E-state index in [1.54, 1.807) is 6.07 Å². The molecule has 1 aromatic carbocycles. The number of ether oxygens (including phenoxy) is 2. The Kier molecular flexibility index (Phi) is 4.05. The van der Waals surface area contributed by atoms with Crippen molar-refractivity contribution in [2.24, 2.45) is 5.92 Å². The summed E-state index contributed by atoms with van der Waals surface area (Å²) in [6.07, 6.45) is 0.300. The van der Waals surface area contributed by atoms with Gasteiger partial charge in [-0.2, -0.15) is 0 Å². The molecular formula is C15H19F2NO2. The number of rotatable bonds is 3. The SMILES string of the molecule is FC(F)c1cc2c(cc1CC1CCNCC1)OCCO2. The molecule has 1 N–H and O–H groups in total. The van der Waals surface area contributed by atoms with Gasteiger partial charge in [0.25, 0.3) is 6.43 Å². The zero-order chi connectivity index (χ0) is 13.9. The minimum atomic E-state index is -2.47. The third kappa shape index (κ3) is 2.87. The summed E-state index contributed by atoms with van der Waals surface area (Å²) in [5, 5.41) is 3.29. The number of fused-ring (bicyclic) bond motifs is 1. The van der Waals surface area contributed by atoms with E-state index in [2.05, 4.69) is 5.32 Å². The van der Waals surface area contributed by atoms with Crippen molar-refractivity contribution < 1.29 is 18.3 Å². The summed E-state index contributed by atoms with van der Waals surface area (Å²) in [6, 6.07) is 3.20. The highest BCUT2D eigenvalue weighted by Crippen LogP contribution is 2.38. The van der Waals surface area contributed by atoms with E-state index in [-0.39, 0.29) is 5.56 Å². The second-order valence-electron chi connectivity index (χ2n) is 5.39. The van der Waals surface area contributed by atoms with Crippen LogP contribution in [-0.4, -0.2) is 26.3 Å². The quantitative estimate of drug-likeness (QED) is 0.925. The van der Waals surface area contributed by atoms with Gasteiger partial charge in [-0.25, -0.2) is 8.78 Å². The molecule has 0 spiro atoms. The molecule has 0 bridgehead atoms. The summed E-state index contributed by atoms with van der Waals surface area (Å²) in [7, 11) is 0. The van der Waals surface area contributed by atoms with Crippen molar-refractivity contribution in [3.8, 4) is 11.5 Å². The van der Waals surface area contributed by atoms with E-state index in [1.165, 1.54) is 6.07 Å². The van der Waals surface area contributed by atoms with E-state index in [4.69, 9.17) is 9.47 Å². The van der Waals surface area contributed by atoms with Crippen LogP contribution in [0.5, 0.6) is 11.5 Å².